The van der Waals surface area contributed by atoms with E-state index in [2.05, 4.69) is 30.6 Å². The van der Waals surface area contributed by atoms with Crippen molar-refractivity contribution >= 4 is 29.0 Å². The van der Waals surface area contributed by atoms with Crippen LogP contribution in [0.2, 0.25) is 0 Å². The Kier molecular flexibility index (Phi) is 3.94. The number of hydrogen-bond acceptors (Lipinski definition) is 6. The van der Waals surface area contributed by atoms with Crippen molar-refractivity contribution in [3.63, 3.8) is 0 Å². The zero-order chi connectivity index (χ0) is 15.5. The van der Waals surface area contributed by atoms with Gasteiger partial charge in [0.05, 0.1) is 6.33 Å². The Bertz CT molecular complexity index is 661. The van der Waals surface area contributed by atoms with E-state index in [0.717, 1.165) is 31.4 Å². The molecule has 0 unspecified atom stereocenters. The lowest BCUT2D eigenvalue weighted by Gasteiger charge is -2.32. The lowest BCUT2D eigenvalue weighted by atomic mass is 10.1. The normalized spacial score (nSPS) is 16.0. The molecule has 3 heterocycles. The number of hydrogen-bond donors (Lipinski definition) is 4. The predicted octanol–water partition coefficient (Wildman–Crippen LogP) is 0.541. The highest BCUT2D eigenvalue weighted by Gasteiger charge is 2.23. The summed E-state index contributed by atoms with van der Waals surface area (Å²) in [5.41, 5.74) is 7.01. The number of H-pyrrole nitrogens is 1. The Balaban J connectivity index is 1.65. The number of nitrogens with one attached hydrogen (secondary N) is 3. The molecule has 1 fully saturated rings. The minimum atomic E-state index is 0.00295. The van der Waals surface area contributed by atoms with Gasteiger partial charge >= 0.3 is 6.03 Å². The number of amides is 2. The number of aromatic nitrogens is 4. The maximum Gasteiger partial charge on any atom is 0.317 e. The van der Waals surface area contributed by atoms with E-state index in [1.807, 2.05) is 11.8 Å². The molecule has 0 atom stereocenters. The molecule has 5 N–H and O–H groups in total. The molecule has 118 valence electrons. The summed E-state index contributed by atoms with van der Waals surface area (Å²) < 4.78 is 0. The second-order valence-electron chi connectivity index (χ2n) is 5.27. The standard InChI is InChI=1S/C13H20N8O/c1-2-15-13(22)21-5-3-8(4-6-21)18-11-9-10(17-7-16-9)19-12(14)20-11/h7-8H,2-6H2,1H3,(H,15,22)(H4,14,16,17,18,19,20). The number of urea groups is 1. The molecule has 2 amide bonds. The molecule has 2 aromatic heterocycles. The Morgan fingerprint density at radius 1 is 1.45 bits per heavy atom. The van der Waals surface area contributed by atoms with Crippen molar-refractivity contribution in [2.75, 3.05) is 30.7 Å². The van der Waals surface area contributed by atoms with E-state index in [4.69, 9.17) is 5.73 Å². The van der Waals surface area contributed by atoms with Crippen LogP contribution in [0.1, 0.15) is 19.8 Å². The van der Waals surface area contributed by atoms with Gasteiger partial charge in [-0.15, -0.1) is 0 Å². The lowest BCUT2D eigenvalue weighted by Crippen LogP contribution is -2.46. The van der Waals surface area contributed by atoms with Crippen LogP contribution in [0.15, 0.2) is 6.33 Å². The summed E-state index contributed by atoms with van der Waals surface area (Å²) >= 11 is 0. The summed E-state index contributed by atoms with van der Waals surface area (Å²) in [6.45, 7) is 4.00. The van der Waals surface area contributed by atoms with Gasteiger partial charge in [0, 0.05) is 25.7 Å². The number of aromatic amines is 1. The van der Waals surface area contributed by atoms with Crippen LogP contribution in [0.5, 0.6) is 0 Å². The topological polar surface area (TPSA) is 125 Å². The number of nitrogen functional groups attached to an aromatic ring is 1. The molecule has 0 radical (unpaired) electrons. The molecule has 22 heavy (non-hydrogen) atoms. The van der Waals surface area contributed by atoms with Crippen molar-refractivity contribution in [1.29, 1.82) is 0 Å². The minimum absolute atomic E-state index is 0.00295. The molecular weight excluding hydrogens is 284 g/mol. The van der Waals surface area contributed by atoms with Gasteiger partial charge in [-0.3, -0.25) is 0 Å². The van der Waals surface area contributed by atoms with Gasteiger partial charge in [-0.05, 0) is 19.8 Å². The Labute approximate surface area is 127 Å². The van der Waals surface area contributed by atoms with Crippen LogP contribution in [0.25, 0.3) is 11.2 Å². The average molecular weight is 304 g/mol. The van der Waals surface area contributed by atoms with Gasteiger partial charge < -0.3 is 26.3 Å². The van der Waals surface area contributed by atoms with Crippen molar-refractivity contribution in [3.8, 4) is 0 Å². The van der Waals surface area contributed by atoms with Crippen LogP contribution >= 0.6 is 0 Å². The van der Waals surface area contributed by atoms with Gasteiger partial charge in [0.15, 0.2) is 11.5 Å². The minimum Gasteiger partial charge on any atom is -0.368 e. The van der Waals surface area contributed by atoms with E-state index < -0.39 is 0 Å². The highest BCUT2D eigenvalue weighted by molar-refractivity contribution is 5.83. The number of nitrogens with two attached hydrogens (primary N) is 1. The van der Waals surface area contributed by atoms with Crippen LogP contribution in [0.3, 0.4) is 0 Å². The van der Waals surface area contributed by atoms with Gasteiger partial charge in [0.25, 0.3) is 0 Å². The van der Waals surface area contributed by atoms with E-state index in [-0.39, 0.29) is 18.0 Å². The van der Waals surface area contributed by atoms with Crippen molar-refractivity contribution in [1.82, 2.24) is 30.2 Å². The fourth-order valence-electron chi connectivity index (χ4n) is 2.64. The number of anilines is 2. The molecule has 1 aliphatic rings. The largest absolute Gasteiger partial charge is 0.368 e. The van der Waals surface area contributed by atoms with Gasteiger partial charge in [-0.2, -0.15) is 9.97 Å². The van der Waals surface area contributed by atoms with Crippen LogP contribution in [-0.4, -0.2) is 56.5 Å². The molecular formula is C13H20N8O. The second-order valence-corrected chi connectivity index (χ2v) is 5.27. The maximum atomic E-state index is 11.8. The number of piperidine rings is 1. The van der Waals surface area contributed by atoms with E-state index >= 15 is 0 Å². The smallest absolute Gasteiger partial charge is 0.317 e. The van der Waals surface area contributed by atoms with Crippen molar-refractivity contribution < 1.29 is 4.79 Å². The van der Waals surface area contributed by atoms with Crippen molar-refractivity contribution in [3.05, 3.63) is 6.33 Å². The molecule has 9 heteroatoms. The third-order valence-electron chi connectivity index (χ3n) is 3.75. The quantitative estimate of drug-likeness (QED) is 0.656. The second kappa shape index (κ2) is 6.04. The Morgan fingerprint density at radius 3 is 2.95 bits per heavy atom. The number of fused-ring (bicyclic) bond motifs is 1. The first-order valence-electron chi connectivity index (χ1n) is 7.43. The number of likely N-dealkylation sites (tertiary alicyclic amines) is 1. The fourth-order valence-corrected chi connectivity index (χ4v) is 2.64. The molecule has 1 saturated heterocycles. The number of carbonyl (C=O) groups is 1. The molecule has 0 saturated carbocycles. The highest BCUT2D eigenvalue weighted by Crippen LogP contribution is 2.21. The Morgan fingerprint density at radius 2 is 2.23 bits per heavy atom. The van der Waals surface area contributed by atoms with Crippen LogP contribution in [0, 0.1) is 0 Å². The number of imidazole rings is 1. The zero-order valence-corrected chi connectivity index (χ0v) is 12.5. The SMILES string of the molecule is CCNC(=O)N1CCC(Nc2nc(N)nc3nc[nH]c23)CC1. The lowest BCUT2D eigenvalue weighted by molar-refractivity contribution is 0.184. The maximum absolute atomic E-state index is 11.8. The van der Waals surface area contributed by atoms with E-state index in [9.17, 15) is 4.79 Å². The van der Waals surface area contributed by atoms with Crippen LogP contribution in [0.4, 0.5) is 16.6 Å². The molecule has 1 aliphatic heterocycles. The van der Waals surface area contributed by atoms with Crippen molar-refractivity contribution in [2.45, 2.75) is 25.8 Å². The van der Waals surface area contributed by atoms with Gasteiger partial charge in [-0.25, -0.2) is 9.78 Å². The summed E-state index contributed by atoms with van der Waals surface area (Å²) in [5, 5.41) is 6.21. The van der Waals surface area contributed by atoms with E-state index in [1.165, 1.54) is 0 Å². The van der Waals surface area contributed by atoms with Crippen molar-refractivity contribution in [2.24, 2.45) is 0 Å². The third-order valence-corrected chi connectivity index (χ3v) is 3.75. The molecule has 3 rings (SSSR count). The summed E-state index contributed by atoms with van der Waals surface area (Å²) in [5.74, 6) is 0.860. The molecule has 0 bridgehead atoms. The van der Waals surface area contributed by atoms with E-state index in [0.29, 0.717) is 18.0 Å². The van der Waals surface area contributed by atoms with Gasteiger partial charge in [0.2, 0.25) is 5.95 Å². The zero-order valence-electron chi connectivity index (χ0n) is 12.5. The highest BCUT2D eigenvalue weighted by atomic mass is 16.2. The summed E-state index contributed by atoms with van der Waals surface area (Å²) in [4.78, 5) is 29.1. The molecule has 0 spiro atoms. The third kappa shape index (κ3) is 2.87. The molecule has 9 nitrogen and oxygen atoms in total. The van der Waals surface area contributed by atoms with Crippen LogP contribution < -0.4 is 16.4 Å². The average Bonchev–Trinajstić information content (AvgIpc) is 2.96. The molecule has 2 aromatic rings. The first kappa shape index (κ1) is 14.4. The number of nitrogens with zero attached hydrogens (tertiary/aromatic N) is 4. The predicted molar refractivity (Wildman–Crippen MR) is 83.4 cm³/mol. The number of rotatable bonds is 3. The van der Waals surface area contributed by atoms with Gasteiger partial charge in [0.1, 0.15) is 5.52 Å². The first-order valence-corrected chi connectivity index (χ1v) is 7.43. The van der Waals surface area contributed by atoms with Crippen LogP contribution in [-0.2, 0) is 0 Å². The summed E-state index contributed by atoms with van der Waals surface area (Å²) in [6, 6.07) is 0.245. The van der Waals surface area contributed by atoms with Gasteiger partial charge in [-0.1, -0.05) is 0 Å². The summed E-state index contributed by atoms with van der Waals surface area (Å²) in [7, 11) is 0. The Hall–Kier alpha value is -2.58. The first-order chi connectivity index (χ1) is 10.7. The van der Waals surface area contributed by atoms with E-state index in [1.54, 1.807) is 6.33 Å². The summed E-state index contributed by atoms with van der Waals surface area (Å²) in [6.07, 6.45) is 3.29. The number of carbonyl (C=O) groups excluding carboxylic acids is 1. The molecule has 0 aromatic carbocycles. The monoisotopic (exact) mass is 304 g/mol. The fraction of sp³-hybridized carbons (Fsp3) is 0.538. The molecule has 0 aliphatic carbocycles.